The molecule has 5 heteroatoms. The van der Waals surface area contributed by atoms with Crippen LogP contribution in [0.3, 0.4) is 0 Å². The lowest BCUT2D eigenvalue weighted by atomic mass is 10.2. The highest BCUT2D eigenvalue weighted by Gasteiger charge is 2.24. The van der Waals surface area contributed by atoms with E-state index in [1.165, 1.54) is 18.2 Å². The first-order chi connectivity index (χ1) is 10.6. The first kappa shape index (κ1) is 14.3. The Morgan fingerprint density at radius 2 is 1.95 bits per heavy atom. The second-order valence-corrected chi connectivity index (χ2v) is 5.13. The minimum atomic E-state index is -0.462. The second kappa shape index (κ2) is 5.97. The molecular weight excluding hydrogens is 283 g/mol. The van der Waals surface area contributed by atoms with Crippen molar-refractivity contribution in [3.05, 3.63) is 59.9 Å². The van der Waals surface area contributed by atoms with Gasteiger partial charge in [0.2, 0.25) is 5.91 Å². The van der Waals surface area contributed by atoms with Crippen LogP contribution in [-0.4, -0.2) is 18.4 Å². The summed E-state index contributed by atoms with van der Waals surface area (Å²) in [6.07, 6.45) is 1.33. The predicted molar refractivity (Wildman–Crippen MR) is 82.4 cm³/mol. The fourth-order valence-electron chi connectivity index (χ4n) is 2.54. The second-order valence-electron chi connectivity index (χ2n) is 5.13. The van der Waals surface area contributed by atoms with E-state index < -0.39 is 11.7 Å². The van der Waals surface area contributed by atoms with Crippen LogP contribution in [0, 0.1) is 5.82 Å². The monoisotopic (exact) mass is 298 g/mol. The third kappa shape index (κ3) is 2.83. The van der Waals surface area contributed by atoms with E-state index in [1.807, 2.05) is 6.07 Å². The van der Waals surface area contributed by atoms with Crippen LogP contribution < -0.4 is 10.2 Å². The van der Waals surface area contributed by atoms with Gasteiger partial charge in [-0.2, -0.15) is 0 Å². The number of nitrogens with zero attached hydrogens (tertiary/aromatic N) is 1. The Morgan fingerprint density at radius 3 is 2.68 bits per heavy atom. The Labute approximate surface area is 127 Å². The van der Waals surface area contributed by atoms with Gasteiger partial charge in [0.1, 0.15) is 5.82 Å². The van der Waals surface area contributed by atoms with Crippen molar-refractivity contribution in [1.29, 1.82) is 0 Å². The summed E-state index contributed by atoms with van der Waals surface area (Å²) >= 11 is 0. The van der Waals surface area contributed by atoms with Gasteiger partial charge in [-0.05, 0) is 36.8 Å². The quantitative estimate of drug-likeness (QED) is 0.946. The first-order valence-electron chi connectivity index (χ1n) is 7.11. The van der Waals surface area contributed by atoms with E-state index in [2.05, 4.69) is 5.32 Å². The highest BCUT2D eigenvalue weighted by Crippen LogP contribution is 2.29. The Hall–Kier alpha value is -2.69. The summed E-state index contributed by atoms with van der Waals surface area (Å²) in [5, 5.41) is 2.75. The van der Waals surface area contributed by atoms with Gasteiger partial charge in [-0.1, -0.05) is 18.2 Å². The predicted octanol–water partition coefficient (Wildman–Crippen LogP) is 3.20. The van der Waals surface area contributed by atoms with Crippen molar-refractivity contribution in [2.75, 3.05) is 16.8 Å². The zero-order chi connectivity index (χ0) is 15.5. The summed E-state index contributed by atoms with van der Waals surface area (Å²) in [5.74, 6) is -0.818. The smallest absolute Gasteiger partial charge is 0.255 e. The van der Waals surface area contributed by atoms with Gasteiger partial charge < -0.3 is 10.2 Å². The molecule has 1 aliphatic rings. The molecule has 4 nitrogen and oxygen atoms in total. The molecule has 0 bridgehead atoms. The molecule has 0 saturated carbocycles. The minimum Gasteiger partial charge on any atom is -0.320 e. The molecule has 0 aromatic heterocycles. The van der Waals surface area contributed by atoms with E-state index in [-0.39, 0.29) is 11.5 Å². The number of benzene rings is 2. The van der Waals surface area contributed by atoms with E-state index in [4.69, 9.17) is 0 Å². The summed E-state index contributed by atoms with van der Waals surface area (Å²) in [5.41, 5.74) is 1.46. The summed E-state index contributed by atoms with van der Waals surface area (Å²) in [6.45, 7) is 0.645. The number of hydrogen-bond acceptors (Lipinski definition) is 2. The largest absolute Gasteiger partial charge is 0.320 e. The number of para-hydroxylation sites is 2. The van der Waals surface area contributed by atoms with Crippen molar-refractivity contribution >= 4 is 23.2 Å². The lowest BCUT2D eigenvalue weighted by Crippen LogP contribution is -2.25. The van der Waals surface area contributed by atoms with Crippen molar-refractivity contribution in [3.63, 3.8) is 0 Å². The number of anilines is 2. The van der Waals surface area contributed by atoms with Crippen molar-refractivity contribution < 1.29 is 14.0 Å². The van der Waals surface area contributed by atoms with Crippen LogP contribution in [0.4, 0.5) is 15.8 Å². The molecule has 2 aromatic rings. The van der Waals surface area contributed by atoms with Gasteiger partial charge in [0.15, 0.2) is 0 Å². The molecular formula is C17H15FN2O2. The molecule has 112 valence electrons. The zero-order valence-electron chi connectivity index (χ0n) is 11.9. The standard InChI is InChI=1S/C17H15FN2O2/c18-13-6-3-5-12(11-13)17(22)19-14-7-1-2-8-15(14)20-10-4-9-16(20)21/h1-3,5-8,11H,4,9-10H2,(H,19,22). The topological polar surface area (TPSA) is 49.4 Å². The maximum atomic E-state index is 13.2. The maximum Gasteiger partial charge on any atom is 0.255 e. The van der Waals surface area contributed by atoms with Gasteiger partial charge in [0.05, 0.1) is 11.4 Å². The average Bonchev–Trinajstić information content (AvgIpc) is 2.94. The summed E-state index contributed by atoms with van der Waals surface area (Å²) < 4.78 is 13.2. The van der Waals surface area contributed by atoms with E-state index in [1.54, 1.807) is 29.2 Å². The van der Waals surface area contributed by atoms with Crippen LogP contribution in [-0.2, 0) is 4.79 Å². The zero-order valence-corrected chi connectivity index (χ0v) is 11.9. The van der Waals surface area contributed by atoms with Gasteiger partial charge in [0, 0.05) is 18.5 Å². The van der Waals surface area contributed by atoms with E-state index >= 15 is 0 Å². The number of rotatable bonds is 3. The molecule has 2 amide bonds. The van der Waals surface area contributed by atoms with Gasteiger partial charge in [-0.3, -0.25) is 9.59 Å². The fourth-order valence-corrected chi connectivity index (χ4v) is 2.54. The number of halogens is 1. The first-order valence-corrected chi connectivity index (χ1v) is 7.11. The Morgan fingerprint density at radius 1 is 1.14 bits per heavy atom. The van der Waals surface area contributed by atoms with Crippen molar-refractivity contribution in [1.82, 2.24) is 0 Å². The third-order valence-corrected chi connectivity index (χ3v) is 3.60. The summed E-state index contributed by atoms with van der Waals surface area (Å²) in [6, 6.07) is 12.6. The molecule has 0 atom stereocenters. The normalized spacial score (nSPS) is 14.2. The summed E-state index contributed by atoms with van der Waals surface area (Å²) in [4.78, 5) is 25.8. The average molecular weight is 298 g/mol. The molecule has 1 saturated heterocycles. The maximum absolute atomic E-state index is 13.2. The van der Waals surface area contributed by atoms with Crippen molar-refractivity contribution in [2.24, 2.45) is 0 Å². The molecule has 0 radical (unpaired) electrons. The Balaban J connectivity index is 1.86. The van der Waals surface area contributed by atoms with Crippen LogP contribution in [0.15, 0.2) is 48.5 Å². The van der Waals surface area contributed by atoms with E-state index in [0.29, 0.717) is 24.3 Å². The summed E-state index contributed by atoms with van der Waals surface area (Å²) in [7, 11) is 0. The number of carbonyl (C=O) groups is 2. The lowest BCUT2D eigenvalue weighted by molar-refractivity contribution is -0.117. The highest BCUT2D eigenvalue weighted by atomic mass is 19.1. The van der Waals surface area contributed by atoms with Gasteiger partial charge in [-0.15, -0.1) is 0 Å². The molecule has 1 aliphatic heterocycles. The molecule has 0 unspecified atom stereocenters. The van der Waals surface area contributed by atoms with Crippen LogP contribution in [0.5, 0.6) is 0 Å². The van der Waals surface area contributed by atoms with Gasteiger partial charge in [0.25, 0.3) is 5.91 Å². The number of amides is 2. The molecule has 1 N–H and O–H groups in total. The molecule has 1 heterocycles. The van der Waals surface area contributed by atoms with Gasteiger partial charge >= 0.3 is 0 Å². The van der Waals surface area contributed by atoms with Crippen LogP contribution >= 0.6 is 0 Å². The van der Waals surface area contributed by atoms with Gasteiger partial charge in [-0.25, -0.2) is 4.39 Å². The van der Waals surface area contributed by atoms with Crippen LogP contribution in [0.25, 0.3) is 0 Å². The van der Waals surface area contributed by atoms with Crippen molar-refractivity contribution in [3.8, 4) is 0 Å². The fraction of sp³-hybridized carbons (Fsp3) is 0.176. The molecule has 22 heavy (non-hydrogen) atoms. The molecule has 0 aliphatic carbocycles. The molecule has 1 fully saturated rings. The Bertz CT molecular complexity index is 730. The number of carbonyl (C=O) groups excluding carboxylic acids is 2. The number of hydrogen-bond donors (Lipinski definition) is 1. The molecule has 3 rings (SSSR count). The van der Waals surface area contributed by atoms with E-state index in [9.17, 15) is 14.0 Å². The SMILES string of the molecule is O=C(Nc1ccccc1N1CCCC1=O)c1cccc(F)c1. The van der Waals surface area contributed by atoms with E-state index in [0.717, 1.165) is 6.42 Å². The third-order valence-electron chi connectivity index (χ3n) is 3.60. The van der Waals surface area contributed by atoms with Crippen LogP contribution in [0.1, 0.15) is 23.2 Å². The number of nitrogens with one attached hydrogen (secondary N) is 1. The Kier molecular flexibility index (Phi) is 3.87. The highest BCUT2D eigenvalue weighted by molar-refractivity contribution is 6.08. The minimum absolute atomic E-state index is 0.0486. The van der Waals surface area contributed by atoms with Crippen LogP contribution in [0.2, 0.25) is 0 Å². The molecule has 2 aromatic carbocycles. The molecule has 0 spiro atoms. The van der Waals surface area contributed by atoms with Crippen molar-refractivity contribution in [2.45, 2.75) is 12.8 Å². The lowest BCUT2D eigenvalue weighted by Gasteiger charge is -2.20.